The van der Waals surface area contributed by atoms with Crippen molar-refractivity contribution in [2.24, 2.45) is 13.0 Å². The van der Waals surface area contributed by atoms with Crippen molar-refractivity contribution in [3.63, 3.8) is 0 Å². The molecule has 2 heterocycles. The van der Waals surface area contributed by atoms with Crippen molar-refractivity contribution in [3.05, 3.63) is 70.9 Å². The van der Waals surface area contributed by atoms with Gasteiger partial charge in [0.05, 0.1) is 18.1 Å². The predicted molar refractivity (Wildman–Crippen MR) is 90.9 cm³/mol. The van der Waals surface area contributed by atoms with E-state index in [1.165, 1.54) is 22.4 Å². The van der Waals surface area contributed by atoms with Gasteiger partial charge >= 0.3 is 0 Å². The van der Waals surface area contributed by atoms with Crippen LogP contribution in [0.3, 0.4) is 0 Å². The van der Waals surface area contributed by atoms with E-state index >= 15 is 0 Å². The molecular formula is C20H21N3O. The molecule has 0 fully saturated rings. The first-order valence-electron chi connectivity index (χ1n) is 8.72. The zero-order valence-electron chi connectivity index (χ0n) is 14.1. The third-order valence-electron chi connectivity index (χ3n) is 6.25. The van der Waals surface area contributed by atoms with E-state index in [9.17, 15) is 0 Å². The van der Waals surface area contributed by atoms with E-state index in [1.54, 1.807) is 0 Å². The zero-order valence-corrected chi connectivity index (χ0v) is 14.1. The Balaban J connectivity index is 1.84. The first-order valence-corrected chi connectivity index (χ1v) is 8.72. The smallest absolute Gasteiger partial charge is 0.143 e. The second-order valence-corrected chi connectivity index (χ2v) is 7.31. The fourth-order valence-corrected chi connectivity index (χ4v) is 5.31. The Morgan fingerprint density at radius 3 is 2.83 bits per heavy atom. The number of fused-ring (bicyclic) bond motifs is 4. The van der Waals surface area contributed by atoms with Gasteiger partial charge in [0, 0.05) is 23.9 Å². The number of aryl methyl sites for hydroxylation is 2. The Kier molecular flexibility index (Phi) is 2.82. The fourth-order valence-electron chi connectivity index (χ4n) is 5.31. The molecule has 0 radical (unpaired) electrons. The van der Waals surface area contributed by atoms with E-state index in [-0.39, 0.29) is 5.41 Å². The quantitative estimate of drug-likeness (QED) is 0.688. The van der Waals surface area contributed by atoms with Crippen LogP contribution in [-0.4, -0.2) is 14.9 Å². The Morgan fingerprint density at radius 1 is 1.17 bits per heavy atom. The summed E-state index contributed by atoms with van der Waals surface area (Å²) in [6, 6.07) is 11.0. The Hall–Kier alpha value is -2.36. The molecular weight excluding hydrogens is 298 g/mol. The van der Waals surface area contributed by atoms with E-state index in [1.807, 2.05) is 6.20 Å². The summed E-state index contributed by atoms with van der Waals surface area (Å²) in [5.74, 6) is 1.94. The van der Waals surface area contributed by atoms with Crippen LogP contribution in [0.15, 0.2) is 47.2 Å². The van der Waals surface area contributed by atoms with Gasteiger partial charge in [0.25, 0.3) is 0 Å². The van der Waals surface area contributed by atoms with Gasteiger partial charge in [0.15, 0.2) is 0 Å². The topological polar surface area (TPSA) is 43.9 Å². The lowest BCUT2D eigenvalue weighted by atomic mass is 9.53. The van der Waals surface area contributed by atoms with E-state index in [0.717, 1.165) is 25.0 Å². The Labute approximate surface area is 141 Å². The Morgan fingerprint density at radius 2 is 2.00 bits per heavy atom. The molecule has 0 amide bonds. The van der Waals surface area contributed by atoms with Crippen LogP contribution in [0.2, 0.25) is 0 Å². The maximum Gasteiger partial charge on any atom is 0.143 e. The summed E-state index contributed by atoms with van der Waals surface area (Å²) in [5.41, 5.74) is 5.36. The molecule has 0 saturated carbocycles. The number of benzene rings is 1. The van der Waals surface area contributed by atoms with Crippen molar-refractivity contribution in [2.45, 2.75) is 37.5 Å². The number of aromatic nitrogens is 3. The highest BCUT2D eigenvalue weighted by atomic mass is 16.5. The van der Waals surface area contributed by atoms with Crippen LogP contribution in [0.4, 0.5) is 0 Å². The molecule has 0 bridgehead atoms. The van der Waals surface area contributed by atoms with Gasteiger partial charge in [-0.1, -0.05) is 42.4 Å². The van der Waals surface area contributed by atoms with Crippen LogP contribution in [-0.2, 0) is 25.3 Å². The molecule has 0 N–H and O–H groups in total. The molecule has 3 atom stereocenters. The van der Waals surface area contributed by atoms with Crippen LogP contribution in [0.1, 0.15) is 47.4 Å². The molecule has 2 aliphatic rings. The molecule has 1 aromatic carbocycles. The van der Waals surface area contributed by atoms with Crippen molar-refractivity contribution in [2.75, 3.05) is 0 Å². The van der Waals surface area contributed by atoms with Gasteiger partial charge in [-0.15, -0.1) is 0 Å². The molecule has 0 saturated heterocycles. The SMILES string of the molecule is CC1c2oncc2CC2(c3ccccc3)c3c(cnn3C)CCC12. The maximum absolute atomic E-state index is 5.63. The molecule has 4 nitrogen and oxygen atoms in total. The Bertz CT molecular complexity index is 895. The third kappa shape index (κ3) is 1.63. The van der Waals surface area contributed by atoms with Crippen LogP contribution in [0.5, 0.6) is 0 Å². The average molecular weight is 319 g/mol. The van der Waals surface area contributed by atoms with E-state index < -0.39 is 0 Å². The number of nitrogens with zero attached hydrogens (tertiary/aromatic N) is 3. The van der Waals surface area contributed by atoms with Gasteiger partial charge in [0.1, 0.15) is 5.76 Å². The largest absolute Gasteiger partial charge is 0.361 e. The normalized spacial score (nSPS) is 28.1. The summed E-state index contributed by atoms with van der Waals surface area (Å²) < 4.78 is 7.72. The average Bonchev–Trinajstić information content (AvgIpc) is 3.23. The maximum atomic E-state index is 5.63. The fraction of sp³-hybridized carbons (Fsp3) is 0.400. The summed E-state index contributed by atoms with van der Waals surface area (Å²) in [4.78, 5) is 0. The van der Waals surface area contributed by atoms with E-state index in [0.29, 0.717) is 11.8 Å². The molecule has 0 aliphatic heterocycles. The van der Waals surface area contributed by atoms with Crippen molar-refractivity contribution < 1.29 is 4.52 Å². The monoisotopic (exact) mass is 319 g/mol. The lowest BCUT2D eigenvalue weighted by Crippen LogP contribution is -2.48. The van der Waals surface area contributed by atoms with E-state index in [2.05, 4.69) is 65.4 Å². The second-order valence-electron chi connectivity index (χ2n) is 7.31. The summed E-state index contributed by atoms with van der Waals surface area (Å²) in [6.07, 6.45) is 7.17. The lowest BCUT2D eigenvalue weighted by molar-refractivity contribution is 0.185. The first-order chi connectivity index (χ1) is 11.7. The predicted octanol–water partition coefficient (Wildman–Crippen LogP) is 3.62. The number of hydrogen-bond donors (Lipinski definition) is 0. The summed E-state index contributed by atoms with van der Waals surface area (Å²) >= 11 is 0. The number of hydrogen-bond acceptors (Lipinski definition) is 3. The lowest BCUT2D eigenvalue weighted by Gasteiger charge is -2.49. The number of rotatable bonds is 1. The summed E-state index contributed by atoms with van der Waals surface area (Å²) in [5, 5.41) is 8.71. The van der Waals surface area contributed by atoms with Gasteiger partial charge in [-0.3, -0.25) is 4.68 Å². The standard InChI is InChI=1S/C20H21N3O/c1-13-17-9-8-14-11-21-23(2)19(14)20(17,16-6-4-3-5-7-16)10-15-12-22-24-18(13)15/h3-7,11-13,17H,8-10H2,1-2H3. The minimum Gasteiger partial charge on any atom is -0.361 e. The van der Waals surface area contributed by atoms with Crippen LogP contribution in [0.25, 0.3) is 0 Å². The summed E-state index contributed by atoms with van der Waals surface area (Å²) in [6.45, 7) is 2.30. The molecule has 4 heteroatoms. The van der Waals surface area contributed by atoms with Gasteiger partial charge in [-0.25, -0.2) is 0 Å². The zero-order chi connectivity index (χ0) is 16.3. The van der Waals surface area contributed by atoms with E-state index in [4.69, 9.17) is 4.52 Å². The molecule has 2 aromatic heterocycles. The van der Waals surface area contributed by atoms with Gasteiger partial charge in [0.2, 0.25) is 0 Å². The van der Waals surface area contributed by atoms with Gasteiger partial charge in [-0.2, -0.15) is 5.10 Å². The minimum absolute atomic E-state index is 0.0436. The molecule has 24 heavy (non-hydrogen) atoms. The first kappa shape index (κ1) is 14.0. The molecule has 5 rings (SSSR count). The second kappa shape index (κ2) is 4.82. The molecule has 122 valence electrons. The van der Waals surface area contributed by atoms with Crippen molar-refractivity contribution in [1.82, 2.24) is 14.9 Å². The van der Waals surface area contributed by atoms with Crippen LogP contribution < -0.4 is 0 Å². The molecule has 3 unspecified atom stereocenters. The van der Waals surface area contributed by atoms with Gasteiger partial charge in [-0.05, 0) is 36.3 Å². The van der Waals surface area contributed by atoms with Crippen LogP contribution >= 0.6 is 0 Å². The minimum atomic E-state index is -0.0436. The van der Waals surface area contributed by atoms with Crippen molar-refractivity contribution in [3.8, 4) is 0 Å². The highest BCUT2D eigenvalue weighted by molar-refractivity contribution is 5.48. The van der Waals surface area contributed by atoms with Crippen molar-refractivity contribution >= 4 is 0 Å². The highest BCUT2D eigenvalue weighted by Crippen LogP contribution is 2.56. The molecule has 3 aromatic rings. The summed E-state index contributed by atoms with van der Waals surface area (Å²) in [7, 11) is 2.08. The highest BCUT2D eigenvalue weighted by Gasteiger charge is 2.54. The van der Waals surface area contributed by atoms with Crippen LogP contribution in [0, 0.1) is 5.92 Å². The molecule has 0 spiro atoms. The molecule has 2 aliphatic carbocycles. The van der Waals surface area contributed by atoms with Crippen molar-refractivity contribution in [1.29, 1.82) is 0 Å². The third-order valence-corrected chi connectivity index (χ3v) is 6.25. The van der Waals surface area contributed by atoms with Gasteiger partial charge < -0.3 is 4.52 Å².